The minimum atomic E-state index is 0.510. The van der Waals surface area contributed by atoms with E-state index in [1.165, 1.54) is 0 Å². The molecular weight excluding hydrogens is 420 g/mol. The molecular formula is C30H17N2O2-. The van der Waals surface area contributed by atoms with Crippen LogP contribution in [0.1, 0.15) is 0 Å². The van der Waals surface area contributed by atoms with Gasteiger partial charge in [0.15, 0.2) is 5.58 Å². The van der Waals surface area contributed by atoms with Crippen LogP contribution in [-0.4, -0.2) is 4.40 Å². The lowest BCUT2D eigenvalue weighted by molar-refractivity contribution is 0.669. The molecule has 0 bridgehead atoms. The number of rotatable bonds is 2. The van der Waals surface area contributed by atoms with E-state index in [0.29, 0.717) is 17.0 Å². The summed E-state index contributed by atoms with van der Waals surface area (Å²) in [6.07, 6.45) is 0. The van der Waals surface area contributed by atoms with Gasteiger partial charge in [0.05, 0.1) is 22.2 Å². The highest BCUT2D eigenvalue weighted by molar-refractivity contribution is 6.24. The van der Waals surface area contributed by atoms with Crippen LogP contribution in [0.25, 0.3) is 60.0 Å². The SMILES string of the molecule is [O-]N(c1cc2c3ccccc3n3c4ccccc4c(c1)c23)c1cccc2c1oc1ccccc12. The molecule has 0 spiro atoms. The van der Waals surface area contributed by atoms with Gasteiger partial charge < -0.3 is 19.1 Å². The first kappa shape index (κ1) is 18.0. The number of hydrogen-bond acceptors (Lipinski definition) is 3. The average Bonchev–Trinajstić information content (AvgIpc) is 3.54. The van der Waals surface area contributed by atoms with Gasteiger partial charge in [0.1, 0.15) is 5.58 Å². The summed E-state index contributed by atoms with van der Waals surface area (Å²) >= 11 is 0. The van der Waals surface area contributed by atoms with Crippen LogP contribution in [-0.2, 0) is 0 Å². The zero-order valence-electron chi connectivity index (χ0n) is 18.0. The Labute approximate surface area is 193 Å². The van der Waals surface area contributed by atoms with Gasteiger partial charge >= 0.3 is 0 Å². The largest absolute Gasteiger partial charge is 0.754 e. The van der Waals surface area contributed by atoms with Crippen LogP contribution in [0.5, 0.6) is 0 Å². The van der Waals surface area contributed by atoms with Gasteiger partial charge in [-0.05, 0) is 36.4 Å². The van der Waals surface area contributed by atoms with Crippen LogP contribution < -0.4 is 5.06 Å². The van der Waals surface area contributed by atoms with Gasteiger partial charge in [-0.2, -0.15) is 0 Å². The van der Waals surface area contributed by atoms with Crippen molar-refractivity contribution in [3.8, 4) is 0 Å². The van der Waals surface area contributed by atoms with E-state index in [2.05, 4.69) is 52.9 Å². The van der Waals surface area contributed by atoms with E-state index in [0.717, 1.165) is 59.5 Å². The van der Waals surface area contributed by atoms with Crippen LogP contribution in [0.2, 0.25) is 0 Å². The van der Waals surface area contributed by atoms with E-state index in [4.69, 9.17) is 4.42 Å². The zero-order chi connectivity index (χ0) is 22.4. The Morgan fingerprint density at radius 1 is 0.588 bits per heavy atom. The molecule has 0 radical (unpaired) electrons. The summed E-state index contributed by atoms with van der Waals surface area (Å²) in [5.41, 5.74) is 5.95. The third kappa shape index (κ3) is 2.15. The van der Waals surface area contributed by atoms with E-state index in [9.17, 15) is 5.21 Å². The first-order valence-corrected chi connectivity index (χ1v) is 11.3. The number of aromatic nitrogens is 1. The first-order chi connectivity index (χ1) is 16.8. The summed E-state index contributed by atoms with van der Waals surface area (Å²) in [6.45, 7) is 0. The lowest BCUT2D eigenvalue weighted by Gasteiger charge is -2.31. The fourth-order valence-electron chi connectivity index (χ4n) is 5.58. The third-order valence-corrected chi connectivity index (χ3v) is 7.03. The highest BCUT2D eigenvalue weighted by atomic mass is 16.5. The van der Waals surface area contributed by atoms with Crippen molar-refractivity contribution in [3.63, 3.8) is 0 Å². The molecule has 0 fully saturated rings. The molecule has 0 unspecified atom stereocenters. The van der Waals surface area contributed by atoms with Crippen molar-refractivity contribution in [3.05, 3.63) is 108 Å². The standard InChI is InChI=1S/C30H17N2O2/c33-32(27-14-7-11-22-21-10-3-6-15-28(21)34-30(22)27)18-16-23-19-8-1-4-12-25(19)31-26-13-5-2-9-20(26)24(17-18)29(23)31/h1-17H/q-1. The van der Waals surface area contributed by atoms with Crippen LogP contribution in [0.3, 0.4) is 0 Å². The fourth-order valence-corrected chi connectivity index (χ4v) is 5.58. The van der Waals surface area contributed by atoms with Crippen LogP contribution in [0, 0.1) is 5.21 Å². The summed E-state index contributed by atoms with van der Waals surface area (Å²) in [7, 11) is 0. The Kier molecular flexibility index (Phi) is 3.32. The molecule has 0 N–H and O–H groups in total. The van der Waals surface area contributed by atoms with Crippen molar-refractivity contribution in [1.82, 2.24) is 4.40 Å². The van der Waals surface area contributed by atoms with Crippen molar-refractivity contribution in [1.29, 1.82) is 0 Å². The second-order valence-electron chi connectivity index (χ2n) is 8.81. The van der Waals surface area contributed by atoms with E-state index >= 15 is 0 Å². The van der Waals surface area contributed by atoms with E-state index in [-0.39, 0.29) is 0 Å². The van der Waals surface area contributed by atoms with Crippen molar-refractivity contribution < 1.29 is 4.42 Å². The quantitative estimate of drug-likeness (QED) is 0.255. The Balaban J connectivity index is 1.46. The third-order valence-electron chi connectivity index (χ3n) is 7.03. The summed E-state index contributed by atoms with van der Waals surface area (Å²) in [6, 6.07) is 34.5. The second-order valence-corrected chi connectivity index (χ2v) is 8.81. The normalized spacial score (nSPS) is 12.3. The fraction of sp³-hybridized carbons (Fsp3) is 0. The van der Waals surface area contributed by atoms with Gasteiger partial charge in [0.25, 0.3) is 0 Å². The van der Waals surface area contributed by atoms with Gasteiger partial charge in [-0.25, -0.2) is 0 Å². The van der Waals surface area contributed by atoms with Crippen molar-refractivity contribution >= 4 is 71.4 Å². The number of anilines is 2. The predicted molar refractivity (Wildman–Crippen MR) is 140 cm³/mol. The Morgan fingerprint density at radius 3 is 1.88 bits per heavy atom. The molecule has 0 aliphatic carbocycles. The van der Waals surface area contributed by atoms with Crippen molar-refractivity contribution in [2.24, 2.45) is 0 Å². The molecule has 34 heavy (non-hydrogen) atoms. The summed E-state index contributed by atoms with van der Waals surface area (Å²) < 4.78 is 8.46. The van der Waals surface area contributed by atoms with Gasteiger partial charge in [0.2, 0.25) is 0 Å². The lowest BCUT2D eigenvalue weighted by atomic mass is 10.1. The van der Waals surface area contributed by atoms with Gasteiger partial charge in [0, 0.05) is 38.0 Å². The number of furan rings is 1. The summed E-state index contributed by atoms with van der Waals surface area (Å²) in [4.78, 5) is 0. The number of para-hydroxylation sites is 4. The van der Waals surface area contributed by atoms with E-state index < -0.39 is 0 Å². The maximum atomic E-state index is 13.9. The highest BCUT2D eigenvalue weighted by Gasteiger charge is 2.19. The molecule has 3 aromatic heterocycles. The molecule has 0 saturated carbocycles. The molecule has 3 heterocycles. The molecule has 0 aliphatic heterocycles. The smallest absolute Gasteiger partial charge is 0.158 e. The first-order valence-electron chi connectivity index (χ1n) is 11.3. The number of hydrogen-bond donors (Lipinski definition) is 0. The topological polar surface area (TPSA) is 43.8 Å². The molecule has 5 aromatic carbocycles. The number of nitrogens with zero attached hydrogens (tertiary/aromatic N) is 2. The Bertz CT molecular complexity index is 1960. The molecule has 0 amide bonds. The lowest BCUT2D eigenvalue weighted by Crippen LogP contribution is -2.06. The van der Waals surface area contributed by atoms with Crippen molar-refractivity contribution in [2.75, 3.05) is 5.06 Å². The highest BCUT2D eigenvalue weighted by Crippen LogP contribution is 2.43. The minimum absolute atomic E-state index is 0.510. The number of benzene rings is 5. The molecule has 4 heteroatoms. The van der Waals surface area contributed by atoms with Crippen LogP contribution in [0.15, 0.2) is 108 Å². The maximum absolute atomic E-state index is 13.9. The molecule has 8 aromatic rings. The maximum Gasteiger partial charge on any atom is 0.158 e. The Morgan fingerprint density at radius 2 is 1.18 bits per heavy atom. The number of fused-ring (bicyclic) bond motifs is 9. The molecule has 0 saturated heterocycles. The van der Waals surface area contributed by atoms with Crippen LogP contribution in [0.4, 0.5) is 11.4 Å². The second kappa shape index (κ2) is 6.28. The average molecular weight is 437 g/mol. The molecule has 160 valence electrons. The molecule has 0 aliphatic rings. The van der Waals surface area contributed by atoms with E-state index in [1.807, 2.05) is 54.6 Å². The van der Waals surface area contributed by atoms with Crippen molar-refractivity contribution in [2.45, 2.75) is 0 Å². The Hall–Kier alpha value is -4.54. The van der Waals surface area contributed by atoms with Crippen LogP contribution >= 0.6 is 0 Å². The van der Waals surface area contributed by atoms with E-state index in [1.54, 1.807) is 0 Å². The monoisotopic (exact) mass is 437 g/mol. The van der Waals surface area contributed by atoms with Gasteiger partial charge in [-0.1, -0.05) is 66.7 Å². The summed E-state index contributed by atoms with van der Waals surface area (Å²) in [5.74, 6) is 0. The minimum Gasteiger partial charge on any atom is -0.754 e. The van der Waals surface area contributed by atoms with Gasteiger partial charge in [-0.3, -0.25) is 0 Å². The summed E-state index contributed by atoms with van der Waals surface area (Å²) in [5, 5.41) is 21.3. The zero-order valence-corrected chi connectivity index (χ0v) is 18.0. The molecule has 4 nitrogen and oxygen atoms in total. The molecule has 0 atom stereocenters. The molecule has 8 rings (SSSR count). The van der Waals surface area contributed by atoms with Gasteiger partial charge in [-0.15, -0.1) is 0 Å². The predicted octanol–water partition coefficient (Wildman–Crippen LogP) is 8.37.